The first-order valence-electron chi connectivity index (χ1n) is 13.8. The highest BCUT2D eigenvalue weighted by atomic mass is 32.1. The summed E-state index contributed by atoms with van der Waals surface area (Å²) in [5.74, 6) is -4.71. The third-order valence-electron chi connectivity index (χ3n) is 6.97. The maximum absolute atomic E-state index is 13.1. The molecule has 1 aliphatic rings. The Kier molecular flexibility index (Phi) is 13.4. The maximum atomic E-state index is 13.1. The number of aliphatic hydroxyl groups is 2. The van der Waals surface area contributed by atoms with E-state index >= 15 is 0 Å². The molecule has 1 aromatic rings. The normalized spacial score (nSPS) is 17.5. The van der Waals surface area contributed by atoms with Gasteiger partial charge < -0.3 is 53.0 Å². The van der Waals surface area contributed by atoms with Crippen LogP contribution in [0.5, 0.6) is 5.75 Å². The molecule has 6 amide bonds. The van der Waals surface area contributed by atoms with Crippen molar-refractivity contribution < 1.29 is 44.1 Å². The summed E-state index contributed by atoms with van der Waals surface area (Å²) in [5, 5.41) is 38.2. The third-order valence-corrected chi connectivity index (χ3v) is 7.25. The Morgan fingerprint density at radius 3 is 2.11 bits per heavy atom. The number of amides is 6. The number of thiol groups is 1. The Morgan fingerprint density at radius 1 is 0.977 bits per heavy atom. The lowest BCUT2D eigenvalue weighted by Crippen LogP contribution is -2.59. The van der Waals surface area contributed by atoms with Gasteiger partial charge in [-0.05, 0) is 44.4 Å². The van der Waals surface area contributed by atoms with Crippen LogP contribution in [-0.2, 0) is 35.2 Å². The van der Waals surface area contributed by atoms with Crippen LogP contribution < -0.4 is 32.7 Å². The molecule has 16 nitrogen and oxygen atoms in total. The quantitative estimate of drug-likeness (QED) is 0.0831. The molecule has 5 atom stereocenters. The van der Waals surface area contributed by atoms with Crippen LogP contribution in [0, 0.1) is 0 Å². The summed E-state index contributed by atoms with van der Waals surface area (Å²) in [6.07, 6.45) is 0.637. The fraction of sp³-hybridized carbons (Fsp3) is 0.556. The topological polar surface area (TPSA) is 267 Å². The van der Waals surface area contributed by atoms with Gasteiger partial charge in [-0.3, -0.25) is 28.8 Å². The van der Waals surface area contributed by atoms with Crippen LogP contribution in [0.25, 0.3) is 0 Å². The van der Waals surface area contributed by atoms with E-state index in [1.165, 1.54) is 29.2 Å². The van der Waals surface area contributed by atoms with Crippen molar-refractivity contribution >= 4 is 48.1 Å². The standard InChI is InChI=1S/C27H41N7O9S/c1-27(2,44)21(28)25(42)33-18(13-36)26(43)34-9-3-4-19(34)24(41)30-11-20(38)31-16(10-14-5-7-15(37)8-6-14)23(40)32-17(12-35)22(29)39/h5-8,16-19,21,35-37,44H,3-4,9-13,28H2,1-2H3,(H2,29,39)(H,30,41)(H,31,38)(H,32,40)(H,33,42)/t16-,17-,18-,19?,21+/m0/s1. The number of carbonyl (C=O) groups excluding carboxylic acids is 6. The molecule has 1 saturated heterocycles. The van der Waals surface area contributed by atoms with Gasteiger partial charge in [-0.1, -0.05) is 12.1 Å². The van der Waals surface area contributed by atoms with Crippen molar-refractivity contribution in [3.05, 3.63) is 29.8 Å². The molecule has 1 aromatic carbocycles. The fourth-order valence-corrected chi connectivity index (χ4v) is 4.47. The minimum absolute atomic E-state index is 0.0205. The van der Waals surface area contributed by atoms with E-state index in [0.717, 1.165) is 0 Å². The maximum Gasteiger partial charge on any atom is 0.248 e. The van der Waals surface area contributed by atoms with Gasteiger partial charge >= 0.3 is 0 Å². The molecule has 2 rings (SSSR count). The van der Waals surface area contributed by atoms with Gasteiger partial charge in [0, 0.05) is 17.7 Å². The lowest BCUT2D eigenvalue weighted by atomic mass is 10.0. The van der Waals surface area contributed by atoms with Gasteiger partial charge in [-0.25, -0.2) is 0 Å². The van der Waals surface area contributed by atoms with Crippen molar-refractivity contribution in [2.75, 3.05) is 26.3 Å². The van der Waals surface area contributed by atoms with E-state index in [-0.39, 0.29) is 25.1 Å². The van der Waals surface area contributed by atoms with E-state index in [1.54, 1.807) is 13.8 Å². The predicted octanol–water partition coefficient (Wildman–Crippen LogP) is -4.00. The Morgan fingerprint density at radius 2 is 1.57 bits per heavy atom. The summed E-state index contributed by atoms with van der Waals surface area (Å²) >= 11 is 4.26. The molecule has 0 aliphatic carbocycles. The predicted molar refractivity (Wildman–Crippen MR) is 160 cm³/mol. The van der Waals surface area contributed by atoms with E-state index in [9.17, 15) is 44.1 Å². The molecular weight excluding hydrogens is 598 g/mol. The lowest BCUT2D eigenvalue weighted by molar-refractivity contribution is -0.142. The Balaban J connectivity index is 2.05. The minimum Gasteiger partial charge on any atom is -0.508 e. The second-order valence-electron chi connectivity index (χ2n) is 10.9. The van der Waals surface area contributed by atoms with Crippen molar-refractivity contribution in [1.29, 1.82) is 0 Å². The van der Waals surface area contributed by atoms with Gasteiger partial charge in [-0.2, -0.15) is 12.6 Å². The second kappa shape index (κ2) is 16.2. The van der Waals surface area contributed by atoms with E-state index in [0.29, 0.717) is 12.0 Å². The first kappa shape index (κ1) is 36.3. The largest absolute Gasteiger partial charge is 0.508 e. The lowest BCUT2D eigenvalue weighted by Gasteiger charge is -2.30. The first-order valence-corrected chi connectivity index (χ1v) is 14.3. The molecule has 0 bridgehead atoms. The number of hydrogen-bond donors (Lipinski definition) is 10. The van der Waals surface area contributed by atoms with Gasteiger partial charge in [-0.15, -0.1) is 0 Å². The van der Waals surface area contributed by atoms with Crippen LogP contribution >= 0.6 is 12.6 Å². The molecule has 0 spiro atoms. The van der Waals surface area contributed by atoms with Crippen LogP contribution in [-0.4, -0.2) is 117 Å². The fourth-order valence-electron chi connectivity index (χ4n) is 4.36. The molecule has 0 radical (unpaired) electrons. The zero-order valence-electron chi connectivity index (χ0n) is 24.5. The number of primary amides is 1. The molecule has 44 heavy (non-hydrogen) atoms. The van der Waals surface area contributed by atoms with Crippen molar-refractivity contribution in [1.82, 2.24) is 26.2 Å². The smallest absolute Gasteiger partial charge is 0.248 e. The molecule has 244 valence electrons. The molecule has 0 aromatic heterocycles. The highest BCUT2D eigenvalue weighted by Crippen LogP contribution is 2.20. The zero-order valence-corrected chi connectivity index (χ0v) is 25.4. The van der Waals surface area contributed by atoms with Gasteiger partial charge in [0.25, 0.3) is 0 Å². The Labute approximate surface area is 259 Å². The second-order valence-corrected chi connectivity index (χ2v) is 12.1. The highest BCUT2D eigenvalue weighted by Gasteiger charge is 2.39. The van der Waals surface area contributed by atoms with Crippen molar-refractivity contribution in [2.24, 2.45) is 11.5 Å². The number of rotatable bonds is 15. The number of hydrogen-bond acceptors (Lipinski definition) is 11. The summed E-state index contributed by atoms with van der Waals surface area (Å²) in [5.41, 5.74) is 11.6. The van der Waals surface area contributed by atoms with Gasteiger partial charge in [0.05, 0.1) is 25.8 Å². The van der Waals surface area contributed by atoms with Crippen molar-refractivity contribution in [2.45, 2.75) is 68.1 Å². The number of aliphatic hydroxyl groups excluding tert-OH is 2. The number of aromatic hydroxyl groups is 1. The SMILES string of the molecule is CC(C)(S)[C@H](N)C(=O)N[C@@H](CO)C(=O)N1CCCC1C(=O)NCC(=O)N[C@@H](Cc1ccc(O)cc1)C(=O)N[C@@H](CO)C(N)=O. The van der Waals surface area contributed by atoms with Crippen LogP contribution in [0.15, 0.2) is 24.3 Å². The number of nitrogens with two attached hydrogens (primary N) is 2. The summed E-state index contributed by atoms with van der Waals surface area (Å²) in [7, 11) is 0. The number of phenols is 1. The summed E-state index contributed by atoms with van der Waals surface area (Å²) in [6.45, 7) is 1.30. The third kappa shape index (κ3) is 10.4. The molecule has 11 N–H and O–H groups in total. The molecule has 1 aliphatic heterocycles. The van der Waals surface area contributed by atoms with Crippen LogP contribution in [0.1, 0.15) is 32.3 Å². The van der Waals surface area contributed by atoms with Gasteiger partial charge in [0.2, 0.25) is 35.4 Å². The summed E-state index contributed by atoms with van der Waals surface area (Å²) in [4.78, 5) is 76.9. The summed E-state index contributed by atoms with van der Waals surface area (Å²) in [6, 6.07) is -0.314. The van der Waals surface area contributed by atoms with E-state index in [4.69, 9.17) is 11.5 Å². The Hall–Kier alpha value is -3.93. The van der Waals surface area contributed by atoms with Gasteiger partial charge in [0.15, 0.2) is 0 Å². The molecule has 1 fully saturated rings. The van der Waals surface area contributed by atoms with E-state index < -0.39 is 90.2 Å². The zero-order chi connectivity index (χ0) is 33.2. The molecule has 1 heterocycles. The average Bonchev–Trinajstić information content (AvgIpc) is 3.46. The van der Waals surface area contributed by atoms with E-state index in [2.05, 4.69) is 33.9 Å². The first-order chi connectivity index (χ1) is 20.6. The highest BCUT2D eigenvalue weighted by molar-refractivity contribution is 7.81. The van der Waals surface area contributed by atoms with E-state index in [1.807, 2.05) is 0 Å². The van der Waals surface area contributed by atoms with Crippen molar-refractivity contribution in [3.8, 4) is 5.75 Å². The van der Waals surface area contributed by atoms with Crippen LogP contribution in [0.2, 0.25) is 0 Å². The van der Waals surface area contributed by atoms with Gasteiger partial charge in [0.1, 0.15) is 29.9 Å². The van der Waals surface area contributed by atoms with Crippen LogP contribution in [0.4, 0.5) is 0 Å². The number of likely N-dealkylation sites (tertiary alicyclic amines) is 1. The Bertz CT molecular complexity index is 1210. The average molecular weight is 640 g/mol. The molecular formula is C27H41N7O9S. The number of nitrogens with zero attached hydrogens (tertiary/aromatic N) is 1. The molecule has 17 heteroatoms. The van der Waals surface area contributed by atoms with Crippen molar-refractivity contribution in [3.63, 3.8) is 0 Å². The molecule has 0 saturated carbocycles. The monoisotopic (exact) mass is 639 g/mol. The molecule has 1 unspecified atom stereocenters. The van der Waals surface area contributed by atoms with Crippen LogP contribution in [0.3, 0.4) is 0 Å². The number of carbonyl (C=O) groups is 6. The summed E-state index contributed by atoms with van der Waals surface area (Å²) < 4.78 is -0.907. The number of nitrogens with one attached hydrogen (secondary N) is 4. The minimum atomic E-state index is -1.40. The number of phenolic OH excluding ortho intramolecular Hbond substituents is 1. The number of benzene rings is 1.